The molecule has 1 aliphatic rings. The molecule has 0 spiro atoms. The highest BCUT2D eigenvalue weighted by atomic mass is 16.7. The number of carbonyl (C=O) groups excluding carboxylic acids is 1. The Kier molecular flexibility index (Phi) is 6.59. The molecule has 1 aliphatic heterocycles. The number of aryl methyl sites for hydroxylation is 1. The normalized spacial score (nSPS) is 12.4. The van der Waals surface area contributed by atoms with E-state index >= 15 is 0 Å². The number of hydrogen-bond donors (Lipinski definition) is 1. The van der Waals surface area contributed by atoms with Crippen LogP contribution in [0.5, 0.6) is 17.2 Å². The number of hydrogen-bond acceptors (Lipinski definition) is 5. The van der Waals surface area contributed by atoms with Gasteiger partial charge in [0.1, 0.15) is 24.0 Å². The second-order valence-electron chi connectivity index (χ2n) is 8.50. The molecule has 1 N–H and O–H groups in total. The molecule has 7 heteroatoms. The van der Waals surface area contributed by atoms with Gasteiger partial charge in [-0.1, -0.05) is 42.0 Å². The number of para-hydroxylation sites is 1. The van der Waals surface area contributed by atoms with E-state index in [1.807, 2.05) is 85.9 Å². The van der Waals surface area contributed by atoms with Gasteiger partial charge < -0.3 is 24.1 Å². The SMILES string of the molecule is Cc1ccc(OCCn2cc(/C=C(\C#N)C(=O)NCc3ccc4c(c3)OCO4)c3ccccc32)cc1. The summed E-state index contributed by atoms with van der Waals surface area (Å²) in [6.07, 6.45) is 3.58. The van der Waals surface area contributed by atoms with Crippen molar-refractivity contribution in [2.24, 2.45) is 0 Å². The Morgan fingerprint density at radius 1 is 1.11 bits per heavy atom. The Balaban J connectivity index is 1.29. The van der Waals surface area contributed by atoms with Crippen molar-refractivity contribution in [2.45, 2.75) is 20.0 Å². The fraction of sp³-hybridized carbons (Fsp3) is 0.172. The Labute approximate surface area is 209 Å². The van der Waals surface area contributed by atoms with Crippen molar-refractivity contribution in [1.29, 1.82) is 5.26 Å². The molecule has 0 fully saturated rings. The standard InChI is InChI=1S/C29H25N3O4/c1-20-6-9-24(10-7-20)34-13-12-32-18-23(25-4-2-3-5-26(25)32)15-22(16-30)29(33)31-17-21-8-11-27-28(14-21)36-19-35-27/h2-11,14-15,18H,12-13,17,19H2,1H3,(H,31,33)/b22-15+. The van der Waals surface area contributed by atoms with Crippen LogP contribution in [0.25, 0.3) is 17.0 Å². The van der Waals surface area contributed by atoms with E-state index in [9.17, 15) is 10.1 Å². The summed E-state index contributed by atoms with van der Waals surface area (Å²) in [4.78, 5) is 12.8. The molecule has 2 heterocycles. The number of ether oxygens (including phenoxy) is 3. The van der Waals surface area contributed by atoms with Crippen LogP contribution in [0, 0.1) is 18.3 Å². The summed E-state index contributed by atoms with van der Waals surface area (Å²) in [7, 11) is 0. The third kappa shape index (κ3) is 5.03. The van der Waals surface area contributed by atoms with Gasteiger partial charge in [0, 0.05) is 29.2 Å². The van der Waals surface area contributed by atoms with Crippen LogP contribution in [0.15, 0.2) is 78.5 Å². The van der Waals surface area contributed by atoms with Gasteiger partial charge in [-0.2, -0.15) is 5.26 Å². The smallest absolute Gasteiger partial charge is 0.262 e. The van der Waals surface area contributed by atoms with Crippen LogP contribution in [0.2, 0.25) is 0 Å². The zero-order valence-electron chi connectivity index (χ0n) is 19.9. The van der Waals surface area contributed by atoms with Crippen molar-refractivity contribution in [1.82, 2.24) is 9.88 Å². The molecule has 5 rings (SSSR count). The molecular formula is C29H25N3O4. The predicted octanol–water partition coefficient (Wildman–Crippen LogP) is 4.98. The van der Waals surface area contributed by atoms with E-state index in [1.54, 1.807) is 6.08 Å². The molecule has 0 saturated heterocycles. The number of nitrogens with one attached hydrogen (secondary N) is 1. The molecule has 180 valence electrons. The Morgan fingerprint density at radius 3 is 2.75 bits per heavy atom. The average Bonchev–Trinajstić information content (AvgIpc) is 3.51. The van der Waals surface area contributed by atoms with E-state index < -0.39 is 5.91 Å². The summed E-state index contributed by atoms with van der Waals surface area (Å²) in [5.41, 5.74) is 3.89. The Bertz CT molecular complexity index is 1480. The maximum Gasteiger partial charge on any atom is 0.262 e. The lowest BCUT2D eigenvalue weighted by atomic mass is 10.1. The number of benzene rings is 3. The van der Waals surface area contributed by atoms with Crippen molar-refractivity contribution in [3.63, 3.8) is 0 Å². The first-order valence-electron chi connectivity index (χ1n) is 11.7. The summed E-state index contributed by atoms with van der Waals surface area (Å²) >= 11 is 0. The molecule has 1 amide bonds. The molecular weight excluding hydrogens is 454 g/mol. The van der Waals surface area contributed by atoms with Crippen LogP contribution < -0.4 is 19.5 Å². The summed E-state index contributed by atoms with van der Waals surface area (Å²) in [5, 5.41) is 13.5. The van der Waals surface area contributed by atoms with Crippen LogP contribution in [0.1, 0.15) is 16.7 Å². The summed E-state index contributed by atoms with van der Waals surface area (Å²) < 4.78 is 18.7. The molecule has 1 aromatic heterocycles. The highest BCUT2D eigenvalue weighted by Crippen LogP contribution is 2.32. The second-order valence-corrected chi connectivity index (χ2v) is 8.50. The van der Waals surface area contributed by atoms with Gasteiger partial charge in [-0.3, -0.25) is 4.79 Å². The molecule has 0 radical (unpaired) electrons. The number of rotatable bonds is 8. The predicted molar refractivity (Wildman–Crippen MR) is 137 cm³/mol. The van der Waals surface area contributed by atoms with Gasteiger partial charge in [0.15, 0.2) is 11.5 Å². The first-order chi connectivity index (χ1) is 17.6. The van der Waals surface area contributed by atoms with Crippen LogP contribution in [0.4, 0.5) is 0 Å². The minimum atomic E-state index is -0.435. The van der Waals surface area contributed by atoms with Gasteiger partial charge in [-0.25, -0.2) is 0 Å². The average molecular weight is 480 g/mol. The maximum atomic E-state index is 12.8. The lowest BCUT2D eigenvalue weighted by Crippen LogP contribution is -2.23. The minimum absolute atomic E-state index is 0.0366. The van der Waals surface area contributed by atoms with Crippen molar-refractivity contribution < 1.29 is 19.0 Å². The van der Waals surface area contributed by atoms with Gasteiger partial charge in [0.25, 0.3) is 5.91 Å². The fourth-order valence-electron chi connectivity index (χ4n) is 4.10. The van der Waals surface area contributed by atoms with E-state index in [2.05, 4.69) is 9.88 Å². The van der Waals surface area contributed by atoms with Gasteiger partial charge in [0.2, 0.25) is 6.79 Å². The largest absolute Gasteiger partial charge is 0.492 e. The molecule has 7 nitrogen and oxygen atoms in total. The van der Waals surface area contributed by atoms with Gasteiger partial charge >= 0.3 is 0 Å². The number of carbonyl (C=O) groups is 1. The Hall–Kier alpha value is -4.70. The molecule has 0 aliphatic carbocycles. The van der Waals surface area contributed by atoms with Crippen molar-refractivity contribution in [3.8, 4) is 23.3 Å². The fourth-order valence-corrected chi connectivity index (χ4v) is 4.10. The van der Waals surface area contributed by atoms with Crippen LogP contribution in [-0.2, 0) is 17.9 Å². The van der Waals surface area contributed by atoms with Gasteiger partial charge in [-0.05, 0) is 48.9 Å². The second kappa shape index (κ2) is 10.3. The highest BCUT2D eigenvalue weighted by Gasteiger charge is 2.15. The minimum Gasteiger partial charge on any atom is -0.492 e. The Morgan fingerprint density at radius 2 is 1.92 bits per heavy atom. The third-order valence-corrected chi connectivity index (χ3v) is 6.00. The number of fused-ring (bicyclic) bond motifs is 2. The first kappa shape index (κ1) is 23.1. The monoisotopic (exact) mass is 479 g/mol. The van der Waals surface area contributed by atoms with Crippen LogP contribution in [0.3, 0.4) is 0 Å². The zero-order valence-corrected chi connectivity index (χ0v) is 19.9. The first-order valence-corrected chi connectivity index (χ1v) is 11.7. The molecule has 4 aromatic rings. The van der Waals surface area contributed by atoms with Crippen molar-refractivity contribution in [2.75, 3.05) is 13.4 Å². The van der Waals surface area contributed by atoms with Crippen molar-refractivity contribution in [3.05, 3.63) is 95.2 Å². The molecule has 0 atom stereocenters. The quantitative estimate of drug-likeness (QED) is 0.285. The lowest BCUT2D eigenvalue weighted by Gasteiger charge is -2.08. The number of nitriles is 1. The summed E-state index contributed by atoms with van der Waals surface area (Å²) in [5.74, 6) is 1.72. The lowest BCUT2D eigenvalue weighted by molar-refractivity contribution is -0.117. The van der Waals surface area contributed by atoms with Gasteiger partial charge in [0.05, 0.1) is 6.54 Å². The van der Waals surface area contributed by atoms with E-state index in [1.165, 1.54) is 5.56 Å². The molecule has 0 bridgehead atoms. The van der Waals surface area contributed by atoms with Crippen LogP contribution in [-0.4, -0.2) is 23.9 Å². The van der Waals surface area contributed by atoms with Crippen LogP contribution >= 0.6 is 0 Å². The molecule has 0 saturated carbocycles. The van der Waals surface area contributed by atoms with E-state index in [0.29, 0.717) is 24.7 Å². The van der Waals surface area contributed by atoms with E-state index in [4.69, 9.17) is 14.2 Å². The summed E-state index contributed by atoms with van der Waals surface area (Å²) in [6.45, 7) is 3.62. The highest BCUT2D eigenvalue weighted by molar-refractivity contribution is 6.04. The zero-order chi connectivity index (χ0) is 24.9. The third-order valence-electron chi connectivity index (χ3n) is 6.00. The number of aromatic nitrogens is 1. The molecule has 36 heavy (non-hydrogen) atoms. The van der Waals surface area contributed by atoms with E-state index in [0.717, 1.165) is 27.8 Å². The molecule has 3 aromatic carbocycles. The number of amides is 1. The van der Waals surface area contributed by atoms with Crippen molar-refractivity contribution >= 4 is 22.9 Å². The topological polar surface area (TPSA) is 85.5 Å². The van der Waals surface area contributed by atoms with E-state index in [-0.39, 0.29) is 18.9 Å². The maximum absolute atomic E-state index is 12.8. The summed E-state index contributed by atoms with van der Waals surface area (Å²) in [6, 6.07) is 23.4. The number of nitrogens with zero attached hydrogens (tertiary/aromatic N) is 2. The van der Waals surface area contributed by atoms with Gasteiger partial charge in [-0.15, -0.1) is 0 Å². The molecule has 0 unspecified atom stereocenters.